The molecule has 1 N–H and O–H groups in total. The summed E-state index contributed by atoms with van der Waals surface area (Å²) in [4.78, 5) is 10.1. The molecule has 3 rings (SSSR count). The predicted octanol–water partition coefficient (Wildman–Crippen LogP) is 2.61. The van der Waals surface area contributed by atoms with E-state index in [1.165, 1.54) is 0 Å². The second-order valence-electron chi connectivity index (χ2n) is 4.15. The third-order valence-electron chi connectivity index (χ3n) is 2.89. The Balaban J connectivity index is 1.99. The molecular formula is C14H13N3OS. The van der Waals surface area contributed by atoms with Crippen LogP contribution in [0.5, 0.6) is 0 Å². The Morgan fingerprint density at radius 2 is 1.89 bits per heavy atom. The minimum absolute atomic E-state index is 0.0754. The van der Waals surface area contributed by atoms with Crippen LogP contribution < -0.4 is 0 Å². The molecule has 0 fully saturated rings. The van der Waals surface area contributed by atoms with Crippen LogP contribution in [0.4, 0.5) is 0 Å². The highest BCUT2D eigenvalue weighted by molar-refractivity contribution is 7.99. The lowest BCUT2D eigenvalue weighted by Gasteiger charge is -2.02. The second kappa shape index (κ2) is 5.03. The van der Waals surface area contributed by atoms with Crippen molar-refractivity contribution in [2.24, 2.45) is 7.05 Å². The zero-order valence-electron chi connectivity index (χ0n) is 10.4. The number of fused-ring (bicyclic) bond motifs is 1. The summed E-state index contributed by atoms with van der Waals surface area (Å²) in [6.07, 6.45) is 0. The summed E-state index contributed by atoms with van der Waals surface area (Å²) >= 11 is 1.61. The fourth-order valence-corrected chi connectivity index (χ4v) is 2.70. The Labute approximate surface area is 115 Å². The van der Waals surface area contributed by atoms with Gasteiger partial charge in [0, 0.05) is 11.9 Å². The molecule has 0 amide bonds. The van der Waals surface area contributed by atoms with Crippen molar-refractivity contribution < 1.29 is 5.11 Å². The van der Waals surface area contributed by atoms with Gasteiger partial charge in [0.25, 0.3) is 0 Å². The fourth-order valence-electron chi connectivity index (χ4n) is 1.90. The van der Waals surface area contributed by atoms with Crippen molar-refractivity contribution in [2.75, 3.05) is 0 Å². The molecule has 0 saturated carbocycles. The molecule has 1 aromatic carbocycles. The molecule has 19 heavy (non-hydrogen) atoms. The first-order valence-electron chi connectivity index (χ1n) is 5.94. The maximum absolute atomic E-state index is 9.21. The van der Waals surface area contributed by atoms with Gasteiger partial charge in [0.05, 0.1) is 0 Å². The van der Waals surface area contributed by atoms with E-state index >= 15 is 0 Å². The number of benzene rings is 1. The molecule has 3 aromatic rings. The lowest BCUT2D eigenvalue weighted by Crippen LogP contribution is -1.97. The van der Waals surface area contributed by atoms with Crippen molar-refractivity contribution in [3.63, 3.8) is 0 Å². The summed E-state index contributed by atoms with van der Waals surface area (Å²) < 4.78 is 1.82. The van der Waals surface area contributed by atoms with E-state index in [9.17, 15) is 5.11 Å². The number of nitrogens with zero attached hydrogens (tertiary/aromatic N) is 3. The van der Waals surface area contributed by atoms with Crippen molar-refractivity contribution in [1.82, 2.24) is 14.5 Å². The van der Waals surface area contributed by atoms with Crippen LogP contribution >= 0.6 is 11.8 Å². The minimum atomic E-state index is -0.0754. The molecule has 5 heteroatoms. The van der Waals surface area contributed by atoms with Gasteiger partial charge in [-0.25, -0.2) is 9.97 Å². The van der Waals surface area contributed by atoms with E-state index < -0.39 is 0 Å². The standard InChI is InChI=1S/C14H13N3OS/c1-17-12(9-18)15-11-7-8-13(16-14(11)17)19-10-5-3-2-4-6-10/h2-8,18H,9H2,1H3. The van der Waals surface area contributed by atoms with Crippen LogP contribution in [0.2, 0.25) is 0 Å². The van der Waals surface area contributed by atoms with Crippen LogP contribution in [-0.4, -0.2) is 19.6 Å². The molecule has 0 atom stereocenters. The van der Waals surface area contributed by atoms with Crippen LogP contribution in [0.25, 0.3) is 11.2 Å². The normalized spacial score (nSPS) is 11.1. The Hall–Kier alpha value is -1.85. The van der Waals surface area contributed by atoms with Gasteiger partial charge >= 0.3 is 0 Å². The monoisotopic (exact) mass is 271 g/mol. The van der Waals surface area contributed by atoms with Gasteiger partial charge in [-0.1, -0.05) is 30.0 Å². The molecule has 4 nitrogen and oxygen atoms in total. The van der Waals surface area contributed by atoms with Crippen molar-refractivity contribution in [3.05, 3.63) is 48.3 Å². The summed E-state index contributed by atoms with van der Waals surface area (Å²) in [6, 6.07) is 14.0. The molecule has 0 aliphatic carbocycles. The third-order valence-corrected chi connectivity index (χ3v) is 3.83. The number of pyridine rings is 1. The highest BCUT2D eigenvalue weighted by atomic mass is 32.2. The maximum atomic E-state index is 9.21. The average molecular weight is 271 g/mol. The van der Waals surface area contributed by atoms with Gasteiger partial charge in [0.1, 0.15) is 23.0 Å². The predicted molar refractivity (Wildman–Crippen MR) is 75.0 cm³/mol. The molecule has 96 valence electrons. The second-order valence-corrected chi connectivity index (χ2v) is 5.25. The summed E-state index contributed by atoms with van der Waals surface area (Å²) in [7, 11) is 1.87. The van der Waals surface area contributed by atoms with Crippen molar-refractivity contribution in [1.29, 1.82) is 0 Å². The topological polar surface area (TPSA) is 50.9 Å². The SMILES string of the molecule is Cn1c(CO)nc2ccc(Sc3ccccc3)nc21. The quantitative estimate of drug-likeness (QED) is 0.795. The molecule has 0 aliphatic rings. The number of aryl methyl sites for hydroxylation is 1. The fraction of sp³-hybridized carbons (Fsp3) is 0.143. The van der Waals surface area contributed by atoms with Gasteiger partial charge < -0.3 is 9.67 Å². The van der Waals surface area contributed by atoms with E-state index in [-0.39, 0.29) is 6.61 Å². The lowest BCUT2D eigenvalue weighted by molar-refractivity contribution is 0.268. The number of rotatable bonds is 3. The lowest BCUT2D eigenvalue weighted by atomic mass is 10.4. The molecule has 0 aliphatic heterocycles. The Bertz CT molecular complexity index is 709. The number of hydrogen-bond donors (Lipinski definition) is 1. The third kappa shape index (κ3) is 2.34. The number of aliphatic hydroxyl groups excluding tert-OH is 1. The first-order chi connectivity index (χ1) is 9.28. The number of aliphatic hydroxyl groups is 1. The van der Waals surface area contributed by atoms with Crippen molar-refractivity contribution >= 4 is 22.9 Å². The van der Waals surface area contributed by atoms with Crippen molar-refractivity contribution in [3.8, 4) is 0 Å². The van der Waals surface area contributed by atoms with Gasteiger partial charge in [-0.15, -0.1) is 0 Å². The Morgan fingerprint density at radius 1 is 1.11 bits per heavy atom. The van der Waals surface area contributed by atoms with Crippen molar-refractivity contribution in [2.45, 2.75) is 16.5 Å². The van der Waals surface area contributed by atoms with Gasteiger partial charge in [-0.05, 0) is 24.3 Å². The molecule has 0 unspecified atom stereocenters. The molecular weight excluding hydrogens is 258 g/mol. The smallest absolute Gasteiger partial charge is 0.161 e. The number of hydrogen-bond acceptors (Lipinski definition) is 4. The first kappa shape index (κ1) is 12.2. The zero-order valence-corrected chi connectivity index (χ0v) is 11.3. The summed E-state index contributed by atoms with van der Waals surface area (Å²) in [5.41, 5.74) is 1.61. The molecule has 0 bridgehead atoms. The molecule has 2 heterocycles. The van der Waals surface area contributed by atoms with Gasteiger partial charge in [0.2, 0.25) is 0 Å². The number of aromatic nitrogens is 3. The van der Waals surface area contributed by atoms with E-state index in [2.05, 4.69) is 22.1 Å². The van der Waals surface area contributed by atoms with Crippen LogP contribution in [-0.2, 0) is 13.7 Å². The first-order valence-corrected chi connectivity index (χ1v) is 6.75. The van der Waals surface area contributed by atoms with Gasteiger partial charge in [-0.2, -0.15) is 0 Å². The van der Waals surface area contributed by atoms with E-state index in [1.54, 1.807) is 11.8 Å². The van der Waals surface area contributed by atoms with Crippen LogP contribution in [0, 0.1) is 0 Å². The summed E-state index contributed by atoms with van der Waals surface area (Å²) in [5, 5.41) is 10.1. The molecule has 2 aromatic heterocycles. The summed E-state index contributed by atoms with van der Waals surface area (Å²) in [6.45, 7) is -0.0754. The summed E-state index contributed by atoms with van der Waals surface area (Å²) in [5.74, 6) is 0.629. The van der Waals surface area contributed by atoms with Crippen LogP contribution in [0.3, 0.4) is 0 Å². The zero-order chi connectivity index (χ0) is 13.2. The van der Waals surface area contributed by atoms with E-state index in [0.29, 0.717) is 5.82 Å². The largest absolute Gasteiger partial charge is 0.388 e. The van der Waals surface area contributed by atoms with Gasteiger partial charge in [-0.3, -0.25) is 0 Å². The van der Waals surface area contributed by atoms with E-state index in [0.717, 1.165) is 21.1 Å². The molecule has 0 radical (unpaired) electrons. The van der Waals surface area contributed by atoms with E-state index in [4.69, 9.17) is 0 Å². The maximum Gasteiger partial charge on any atom is 0.161 e. The van der Waals surface area contributed by atoms with Crippen LogP contribution in [0.15, 0.2) is 52.4 Å². The molecule has 0 spiro atoms. The Kier molecular flexibility index (Phi) is 3.23. The highest BCUT2D eigenvalue weighted by Gasteiger charge is 2.09. The van der Waals surface area contributed by atoms with Gasteiger partial charge in [0.15, 0.2) is 5.65 Å². The highest BCUT2D eigenvalue weighted by Crippen LogP contribution is 2.27. The minimum Gasteiger partial charge on any atom is -0.388 e. The van der Waals surface area contributed by atoms with E-state index in [1.807, 2.05) is 41.9 Å². The van der Waals surface area contributed by atoms with Crippen LogP contribution in [0.1, 0.15) is 5.82 Å². The Morgan fingerprint density at radius 3 is 2.63 bits per heavy atom. The average Bonchev–Trinajstić information content (AvgIpc) is 2.77. The molecule has 0 saturated heterocycles. The number of imidazole rings is 1.